The van der Waals surface area contributed by atoms with Crippen LogP contribution >= 0.6 is 11.8 Å². The molecule has 2 unspecified atom stereocenters. The molecule has 0 N–H and O–H groups in total. The SMILES string of the molecule is CCOC(=O)/C=N/c1cn(C2O[C@H](COC(C)=O)[C@@H](OC(C)=O)C2(C)OC(C)=O)c2nc(SC)nc(/N=C/N(C)C)c12. The molecule has 0 radical (unpaired) electrons. The van der Waals surface area contributed by atoms with Crippen LogP contribution in [-0.2, 0) is 42.9 Å². The van der Waals surface area contributed by atoms with Crippen LogP contribution in [0, 0.1) is 0 Å². The van der Waals surface area contributed by atoms with E-state index < -0.39 is 47.9 Å². The fraction of sp³-hybridized carbons (Fsp3) is 0.538. The van der Waals surface area contributed by atoms with Gasteiger partial charge in [0.2, 0.25) is 0 Å². The normalized spacial score (nSPS) is 22.0. The number of fused-ring (bicyclic) bond motifs is 1. The smallest absolute Gasteiger partial charge is 0.349 e. The highest BCUT2D eigenvalue weighted by atomic mass is 32.2. The highest BCUT2D eigenvalue weighted by Gasteiger charge is 2.60. The standard InChI is InChI=1S/C26H34N6O9S/c1-9-37-19(36)10-27-17-11-32(23-20(17)22(28-13-31(6)7)29-25(30-23)42-8)24-26(5,41-16(4)35)21(39-15(3)34)18(40-24)12-38-14(2)33/h10-11,13,18,21,24H,9,12H2,1-8H3/b27-10+,28-13+/t18-,21-,24?,26?/m1/s1. The second-order valence-electron chi connectivity index (χ2n) is 9.51. The van der Waals surface area contributed by atoms with Gasteiger partial charge in [0.25, 0.3) is 0 Å². The first kappa shape index (κ1) is 32.5. The van der Waals surface area contributed by atoms with E-state index in [0.29, 0.717) is 10.5 Å². The molecule has 0 saturated carbocycles. The largest absolute Gasteiger partial charge is 0.463 e. The highest BCUT2D eigenvalue weighted by molar-refractivity contribution is 7.98. The third kappa shape index (κ3) is 7.42. The van der Waals surface area contributed by atoms with Gasteiger partial charge < -0.3 is 28.6 Å². The molecule has 2 aromatic rings. The zero-order valence-corrected chi connectivity index (χ0v) is 25.5. The molecule has 1 aliphatic rings. The van der Waals surface area contributed by atoms with Gasteiger partial charge in [-0.2, -0.15) is 0 Å². The van der Waals surface area contributed by atoms with Crippen molar-refractivity contribution in [3.05, 3.63) is 6.20 Å². The predicted octanol–water partition coefficient (Wildman–Crippen LogP) is 2.35. The van der Waals surface area contributed by atoms with Crippen molar-refractivity contribution in [2.45, 2.75) is 63.8 Å². The van der Waals surface area contributed by atoms with Gasteiger partial charge in [-0.25, -0.2) is 24.7 Å². The summed E-state index contributed by atoms with van der Waals surface area (Å²) < 4.78 is 29.3. The maximum absolute atomic E-state index is 12.4. The number of ether oxygens (including phenoxy) is 5. The molecule has 0 amide bonds. The molecule has 0 bridgehead atoms. The lowest BCUT2D eigenvalue weighted by atomic mass is 9.95. The Morgan fingerprint density at radius 2 is 1.83 bits per heavy atom. The topological polar surface area (TPSA) is 173 Å². The van der Waals surface area contributed by atoms with Gasteiger partial charge >= 0.3 is 23.9 Å². The van der Waals surface area contributed by atoms with Gasteiger partial charge in [-0.3, -0.25) is 19.0 Å². The van der Waals surface area contributed by atoms with Crippen LogP contribution in [-0.4, -0.2) is 107 Å². The lowest BCUT2D eigenvalue weighted by Gasteiger charge is -2.34. The van der Waals surface area contributed by atoms with E-state index in [1.807, 2.05) is 0 Å². The molecule has 42 heavy (non-hydrogen) atoms. The van der Waals surface area contributed by atoms with E-state index in [1.165, 1.54) is 50.2 Å². The second-order valence-corrected chi connectivity index (χ2v) is 10.3. The van der Waals surface area contributed by atoms with E-state index >= 15 is 0 Å². The summed E-state index contributed by atoms with van der Waals surface area (Å²) in [5.41, 5.74) is -1.12. The summed E-state index contributed by atoms with van der Waals surface area (Å²) in [7, 11) is 3.58. The molecule has 1 aliphatic heterocycles. The fourth-order valence-electron chi connectivity index (χ4n) is 4.36. The van der Waals surface area contributed by atoms with Gasteiger partial charge in [0.05, 0.1) is 24.0 Å². The number of carbonyl (C=O) groups excluding carboxylic acids is 4. The summed E-state index contributed by atoms with van der Waals surface area (Å²) in [6.45, 7) is 6.70. The number of hydrogen-bond acceptors (Lipinski definition) is 14. The summed E-state index contributed by atoms with van der Waals surface area (Å²) in [5.74, 6) is -2.35. The minimum atomic E-state index is -1.63. The summed E-state index contributed by atoms with van der Waals surface area (Å²) in [4.78, 5) is 68.0. The Morgan fingerprint density at radius 1 is 1.12 bits per heavy atom. The van der Waals surface area contributed by atoms with Gasteiger partial charge in [0.1, 0.15) is 18.9 Å². The molecule has 0 spiro atoms. The van der Waals surface area contributed by atoms with E-state index in [-0.39, 0.29) is 30.4 Å². The minimum absolute atomic E-state index is 0.156. The quantitative estimate of drug-likeness (QED) is 0.0912. The zero-order chi connectivity index (χ0) is 31.2. The number of hydrogen-bond donors (Lipinski definition) is 0. The summed E-state index contributed by atoms with van der Waals surface area (Å²) in [6.07, 6.45) is 2.49. The molecule has 3 heterocycles. The van der Waals surface area contributed by atoms with Gasteiger partial charge in [0, 0.05) is 41.1 Å². The first-order valence-electron chi connectivity index (χ1n) is 12.8. The molecular weight excluding hydrogens is 572 g/mol. The first-order valence-corrected chi connectivity index (χ1v) is 14.1. The number of aliphatic imine (C=N–C) groups is 2. The van der Waals surface area contributed by atoms with E-state index in [9.17, 15) is 19.2 Å². The molecule has 1 fully saturated rings. The van der Waals surface area contributed by atoms with Crippen LogP contribution in [0.1, 0.15) is 40.8 Å². The molecule has 0 aromatic carbocycles. The molecule has 2 aromatic heterocycles. The molecule has 228 valence electrons. The van der Waals surface area contributed by atoms with Crippen molar-refractivity contribution in [1.82, 2.24) is 19.4 Å². The van der Waals surface area contributed by atoms with Crippen molar-refractivity contribution >= 4 is 70.7 Å². The summed E-state index contributed by atoms with van der Waals surface area (Å²) >= 11 is 1.26. The van der Waals surface area contributed by atoms with Crippen molar-refractivity contribution in [3.8, 4) is 0 Å². The van der Waals surface area contributed by atoms with Crippen LogP contribution in [0.15, 0.2) is 21.3 Å². The second kappa shape index (κ2) is 13.7. The van der Waals surface area contributed by atoms with Crippen molar-refractivity contribution in [3.63, 3.8) is 0 Å². The van der Waals surface area contributed by atoms with Crippen LogP contribution < -0.4 is 0 Å². The first-order chi connectivity index (χ1) is 19.8. The summed E-state index contributed by atoms with van der Waals surface area (Å²) in [5, 5.41) is 0.710. The Balaban J connectivity index is 2.33. The Morgan fingerprint density at radius 3 is 2.40 bits per heavy atom. The molecule has 1 saturated heterocycles. The average Bonchev–Trinajstić information content (AvgIpc) is 3.38. The Kier molecular flexibility index (Phi) is 10.6. The van der Waals surface area contributed by atoms with E-state index in [0.717, 1.165) is 6.21 Å². The Hall–Kier alpha value is -4.05. The third-order valence-electron chi connectivity index (χ3n) is 5.86. The zero-order valence-electron chi connectivity index (χ0n) is 24.6. The fourth-order valence-corrected chi connectivity index (χ4v) is 4.72. The van der Waals surface area contributed by atoms with Gasteiger partial charge in [0.15, 0.2) is 34.6 Å². The molecule has 15 nitrogen and oxygen atoms in total. The van der Waals surface area contributed by atoms with Gasteiger partial charge in [-0.1, -0.05) is 11.8 Å². The van der Waals surface area contributed by atoms with E-state index in [4.69, 9.17) is 23.7 Å². The summed E-state index contributed by atoms with van der Waals surface area (Å²) in [6, 6.07) is 0. The number of nitrogens with zero attached hydrogens (tertiary/aromatic N) is 6. The number of thioether (sulfide) groups is 1. The molecule has 0 aliphatic carbocycles. The van der Waals surface area contributed by atoms with Crippen molar-refractivity contribution in [1.29, 1.82) is 0 Å². The number of esters is 4. The molecule has 16 heteroatoms. The Bertz CT molecular complexity index is 1410. The van der Waals surface area contributed by atoms with Gasteiger partial charge in [-0.05, 0) is 20.1 Å². The van der Waals surface area contributed by atoms with Crippen LogP contribution in [0.25, 0.3) is 11.0 Å². The maximum Gasteiger partial charge on any atom is 0.349 e. The van der Waals surface area contributed by atoms with Crippen LogP contribution in [0.5, 0.6) is 0 Å². The van der Waals surface area contributed by atoms with E-state index in [2.05, 4.69) is 20.0 Å². The molecule has 4 atom stereocenters. The predicted molar refractivity (Wildman–Crippen MR) is 152 cm³/mol. The van der Waals surface area contributed by atoms with E-state index in [1.54, 1.807) is 38.5 Å². The van der Waals surface area contributed by atoms with Crippen molar-refractivity contribution in [2.24, 2.45) is 9.98 Å². The lowest BCUT2D eigenvalue weighted by molar-refractivity contribution is -0.184. The molecule has 3 rings (SSSR count). The highest BCUT2D eigenvalue weighted by Crippen LogP contribution is 2.47. The monoisotopic (exact) mass is 606 g/mol. The maximum atomic E-state index is 12.4. The Labute approximate surface area is 246 Å². The van der Waals surface area contributed by atoms with Crippen LogP contribution in [0.4, 0.5) is 11.5 Å². The number of rotatable bonds is 11. The minimum Gasteiger partial charge on any atom is -0.463 e. The average molecular weight is 607 g/mol. The number of carbonyl (C=O) groups is 4. The molecular formula is C26H34N6O9S. The third-order valence-corrected chi connectivity index (χ3v) is 6.41. The van der Waals surface area contributed by atoms with Gasteiger partial charge in [-0.15, -0.1) is 0 Å². The number of aromatic nitrogens is 3. The van der Waals surface area contributed by atoms with Crippen molar-refractivity contribution in [2.75, 3.05) is 33.6 Å². The van der Waals surface area contributed by atoms with Crippen molar-refractivity contribution < 1.29 is 42.9 Å². The van der Waals surface area contributed by atoms with Crippen LogP contribution in [0.3, 0.4) is 0 Å². The lowest BCUT2D eigenvalue weighted by Crippen LogP contribution is -2.50. The van der Waals surface area contributed by atoms with Crippen LogP contribution in [0.2, 0.25) is 0 Å².